The number of rotatable bonds is 3. The zero-order valence-electron chi connectivity index (χ0n) is 10.8. The molecule has 0 amide bonds. The van der Waals surface area contributed by atoms with Crippen LogP contribution in [-0.2, 0) is 6.61 Å². The third kappa shape index (κ3) is 3.04. The van der Waals surface area contributed by atoms with E-state index in [0.717, 1.165) is 22.4 Å². The van der Waals surface area contributed by atoms with Crippen LogP contribution in [0.15, 0.2) is 30.5 Å². The van der Waals surface area contributed by atoms with Gasteiger partial charge in [0.2, 0.25) is 0 Å². The monoisotopic (exact) mass is 272 g/mol. The molecule has 0 radical (unpaired) electrons. The molecule has 0 spiro atoms. The molecule has 4 heteroatoms. The highest BCUT2D eigenvalue weighted by Gasteiger charge is 2.08. The second-order valence-electron chi connectivity index (χ2n) is 4.29. The SMILES string of the molecule is Cc1cc(C#N)cc(C)c1OCc1cccnc1Cl. The van der Waals surface area contributed by atoms with Gasteiger partial charge in [-0.05, 0) is 43.2 Å². The number of aromatic nitrogens is 1. The van der Waals surface area contributed by atoms with Crippen molar-refractivity contribution in [3.63, 3.8) is 0 Å². The summed E-state index contributed by atoms with van der Waals surface area (Å²) < 4.78 is 5.80. The van der Waals surface area contributed by atoms with Crippen LogP contribution in [0.4, 0.5) is 0 Å². The molecule has 2 rings (SSSR count). The summed E-state index contributed by atoms with van der Waals surface area (Å²) in [5, 5.41) is 9.36. The lowest BCUT2D eigenvalue weighted by Gasteiger charge is -2.13. The molecule has 1 heterocycles. The Bertz CT molecular complexity index is 624. The molecule has 0 unspecified atom stereocenters. The minimum absolute atomic E-state index is 0.361. The van der Waals surface area contributed by atoms with Crippen molar-refractivity contribution in [3.8, 4) is 11.8 Å². The Balaban J connectivity index is 2.21. The van der Waals surface area contributed by atoms with Crippen LogP contribution in [0.1, 0.15) is 22.3 Å². The summed E-state index contributed by atoms with van der Waals surface area (Å²) in [4.78, 5) is 4.01. The maximum Gasteiger partial charge on any atom is 0.135 e. The zero-order chi connectivity index (χ0) is 13.8. The lowest BCUT2D eigenvalue weighted by Crippen LogP contribution is -2.00. The van der Waals surface area contributed by atoms with Crippen molar-refractivity contribution in [2.24, 2.45) is 0 Å². The van der Waals surface area contributed by atoms with E-state index in [1.165, 1.54) is 0 Å². The first-order chi connectivity index (χ1) is 9.11. The predicted octanol–water partition coefficient (Wildman–Crippen LogP) is 3.80. The summed E-state index contributed by atoms with van der Waals surface area (Å²) in [6.07, 6.45) is 1.64. The maximum atomic E-state index is 8.91. The predicted molar refractivity (Wildman–Crippen MR) is 74.2 cm³/mol. The van der Waals surface area contributed by atoms with E-state index in [1.54, 1.807) is 6.20 Å². The van der Waals surface area contributed by atoms with Crippen molar-refractivity contribution in [1.29, 1.82) is 5.26 Å². The molecule has 0 bridgehead atoms. The summed E-state index contributed by atoms with van der Waals surface area (Å²) in [7, 11) is 0. The molecule has 0 aliphatic carbocycles. The quantitative estimate of drug-likeness (QED) is 0.799. The molecule has 0 aliphatic heterocycles. The number of nitriles is 1. The van der Waals surface area contributed by atoms with Gasteiger partial charge in [0.1, 0.15) is 17.5 Å². The summed E-state index contributed by atoms with van der Waals surface area (Å²) in [5.74, 6) is 0.791. The number of hydrogen-bond acceptors (Lipinski definition) is 3. The van der Waals surface area contributed by atoms with Gasteiger partial charge in [0.15, 0.2) is 0 Å². The Kier molecular flexibility index (Phi) is 4.03. The van der Waals surface area contributed by atoms with Gasteiger partial charge < -0.3 is 4.74 Å². The van der Waals surface area contributed by atoms with Gasteiger partial charge in [-0.3, -0.25) is 0 Å². The molecule has 96 valence electrons. The molecule has 0 saturated heterocycles. The Labute approximate surface area is 117 Å². The highest BCUT2D eigenvalue weighted by Crippen LogP contribution is 2.26. The number of benzene rings is 1. The number of aryl methyl sites for hydroxylation is 2. The third-order valence-corrected chi connectivity index (χ3v) is 3.14. The molecule has 2 aromatic rings. The van der Waals surface area contributed by atoms with Crippen LogP contribution in [-0.4, -0.2) is 4.98 Å². The van der Waals surface area contributed by atoms with Crippen LogP contribution in [0, 0.1) is 25.2 Å². The minimum atomic E-state index is 0.361. The van der Waals surface area contributed by atoms with E-state index < -0.39 is 0 Å². The van der Waals surface area contributed by atoms with Crippen LogP contribution in [0.3, 0.4) is 0 Å². The fourth-order valence-electron chi connectivity index (χ4n) is 1.92. The third-order valence-electron chi connectivity index (χ3n) is 2.80. The number of ether oxygens (including phenoxy) is 1. The van der Waals surface area contributed by atoms with E-state index in [9.17, 15) is 0 Å². The van der Waals surface area contributed by atoms with Crippen molar-refractivity contribution >= 4 is 11.6 Å². The maximum absolute atomic E-state index is 8.91. The average Bonchev–Trinajstić information content (AvgIpc) is 2.39. The Hall–Kier alpha value is -2.05. The number of hydrogen-bond donors (Lipinski definition) is 0. The molecular formula is C15H13ClN2O. The van der Waals surface area contributed by atoms with Gasteiger partial charge >= 0.3 is 0 Å². The van der Waals surface area contributed by atoms with Crippen molar-refractivity contribution in [1.82, 2.24) is 4.98 Å². The van der Waals surface area contributed by atoms with Crippen molar-refractivity contribution in [2.45, 2.75) is 20.5 Å². The second-order valence-corrected chi connectivity index (χ2v) is 4.65. The highest BCUT2D eigenvalue weighted by atomic mass is 35.5. The molecule has 0 atom stereocenters. The van der Waals surface area contributed by atoms with Gasteiger partial charge in [-0.15, -0.1) is 0 Å². The number of nitrogens with zero attached hydrogens (tertiary/aromatic N) is 2. The van der Waals surface area contributed by atoms with E-state index in [0.29, 0.717) is 17.3 Å². The summed E-state index contributed by atoms with van der Waals surface area (Å²) in [6.45, 7) is 4.21. The average molecular weight is 273 g/mol. The molecule has 19 heavy (non-hydrogen) atoms. The second kappa shape index (κ2) is 5.73. The smallest absolute Gasteiger partial charge is 0.135 e. The molecular weight excluding hydrogens is 260 g/mol. The summed E-state index contributed by atoms with van der Waals surface area (Å²) in [6, 6.07) is 9.46. The van der Waals surface area contributed by atoms with Crippen LogP contribution in [0.2, 0.25) is 5.15 Å². The number of pyridine rings is 1. The van der Waals surface area contributed by atoms with Gasteiger partial charge in [-0.2, -0.15) is 5.26 Å². The number of halogens is 1. The van der Waals surface area contributed by atoms with Gasteiger partial charge in [0, 0.05) is 11.8 Å². The largest absolute Gasteiger partial charge is 0.488 e. The van der Waals surface area contributed by atoms with Gasteiger partial charge in [-0.25, -0.2) is 4.98 Å². The molecule has 3 nitrogen and oxygen atoms in total. The standard InChI is InChI=1S/C15H13ClN2O/c1-10-6-12(8-17)7-11(2)14(10)19-9-13-4-3-5-18-15(13)16/h3-7H,9H2,1-2H3. The molecule has 1 aromatic heterocycles. The van der Waals surface area contributed by atoms with Crippen molar-refractivity contribution in [3.05, 3.63) is 57.9 Å². The lowest BCUT2D eigenvalue weighted by atomic mass is 10.1. The fraction of sp³-hybridized carbons (Fsp3) is 0.200. The minimum Gasteiger partial charge on any atom is -0.488 e. The summed E-state index contributed by atoms with van der Waals surface area (Å²) >= 11 is 5.98. The summed E-state index contributed by atoms with van der Waals surface area (Å²) in [5.41, 5.74) is 3.36. The van der Waals surface area contributed by atoms with E-state index in [-0.39, 0.29) is 0 Å². The van der Waals surface area contributed by atoms with Gasteiger partial charge in [-0.1, -0.05) is 17.7 Å². The topological polar surface area (TPSA) is 45.9 Å². The van der Waals surface area contributed by atoms with Gasteiger partial charge in [0.25, 0.3) is 0 Å². The van der Waals surface area contributed by atoms with E-state index in [1.807, 2.05) is 38.1 Å². The van der Waals surface area contributed by atoms with E-state index in [4.69, 9.17) is 21.6 Å². The molecule has 1 aromatic carbocycles. The normalized spacial score (nSPS) is 10.0. The highest BCUT2D eigenvalue weighted by molar-refractivity contribution is 6.30. The molecule has 0 saturated carbocycles. The first-order valence-electron chi connectivity index (χ1n) is 5.85. The van der Waals surface area contributed by atoms with Crippen LogP contribution in [0.25, 0.3) is 0 Å². The molecule has 0 fully saturated rings. The molecule has 0 aliphatic rings. The van der Waals surface area contributed by atoms with Gasteiger partial charge in [0.05, 0.1) is 11.6 Å². The van der Waals surface area contributed by atoms with E-state index >= 15 is 0 Å². The lowest BCUT2D eigenvalue weighted by molar-refractivity contribution is 0.301. The Morgan fingerprint density at radius 3 is 2.58 bits per heavy atom. The van der Waals surface area contributed by atoms with Crippen molar-refractivity contribution in [2.75, 3.05) is 0 Å². The molecule has 0 N–H and O–H groups in total. The Morgan fingerprint density at radius 1 is 1.32 bits per heavy atom. The first-order valence-corrected chi connectivity index (χ1v) is 6.23. The Morgan fingerprint density at radius 2 is 2.00 bits per heavy atom. The van der Waals surface area contributed by atoms with Crippen molar-refractivity contribution < 1.29 is 4.74 Å². The van der Waals surface area contributed by atoms with E-state index in [2.05, 4.69) is 11.1 Å². The van der Waals surface area contributed by atoms with Crippen LogP contribution >= 0.6 is 11.6 Å². The van der Waals surface area contributed by atoms with Crippen LogP contribution < -0.4 is 4.74 Å². The first kappa shape index (κ1) is 13.4. The zero-order valence-corrected chi connectivity index (χ0v) is 11.5. The fourth-order valence-corrected chi connectivity index (χ4v) is 2.09. The van der Waals surface area contributed by atoms with Crippen LogP contribution in [0.5, 0.6) is 5.75 Å².